The van der Waals surface area contributed by atoms with Gasteiger partial charge in [-0.1, -0.05) is 12.1 Å². The fourth-order valence-electron chi connectivity index (χ4n) is 1.99. The lowest BCUT2D eigenvalue weighted by atomic mass is 10.1. The van der Waals surface area contributed by atoms with Crippen LogP contribution in [0.2, 0.25) is 0 Å². The van der Waals surface area contributed by atoms with Crippen molar-refractivity contribution in [2.75, 3.05) is 17.7 Å². The van der Waals surface area contributed by atoms with Gasteiger partial charge in [0.05, 0.1) is 17.7 Å². The molecule has 0 radical (unpaired) electrons. The Balaban J connectivity index is 2.20. The van der Waals surface area contributed by atoms with Crippen LogP contribution < -0.4 is 10.6 Å². The molecule has 0 aromatic heterocycles. The summed E-state index contributed by atoms with van der Waals surface area (Å²) in [7, 11) is 2.04. The van der Waals surface area contributed by atoms with Gasteiger partial charge >= 0.3 is 0 Å². The summed E-state index contributed by atoms with van der Waals surface area (Å²) >= 11 is 0. The van der Waals surface area contributed by atoms with Crippen molar-refractivity contribution in [1.29, 1.82) is 5.26 Å². The van der Waals surface area contributed by atoms with Crippen LogP contribution in [0.15, 0.2) is 48.5 Å². The first-order chi connectivity index (χ1) is 9.11. The average molecular weight is 251 g/mol. The third kappa shape index (κ3) is 2.86. The van der Waals surface area contributed by atoms with Crippen molar-refractivity contribution < 1.29 is 0 Å². The predicted octanol–water partition coefficient (Wildman–Crippen LogP) is 3.34. The molecule has 3 heteroatoms. The fourth-order valence-corrected chi connectivity index (χ4v) is 1.99. The summed E-state index contributed by atoms with van der Waals surface area (Å²) in [5, 5.41) is 8.80. The minimum atomic E-state index is 0.244. The van der Waals surface area contributed by atoms with Crippen molar-refractivity contribution >= 4 is 11.4 Å². The van der Waals surface area contributed by atoms with E-state index in [-0.39, 0.29) is 6.04 Å². The molecule has 0 aliphatic carbocycles. The molecule has 2 aromatic carbocycles. The first-order valence-corrected chi connectivity index (χ1v) is 6.20. The zero-order chi connectivity index (χ0) is 13.8. The maximum Gasteiger partial charge on any atom is 0.0991 e. The highest BCUT2D eigenvalue weighted by atomic mass is 15.1. The molecule has 0 spiro atoms. The van der Waals surface area contributed by atoms with Gasteiger partial charge in [0.2, 0.25) is 0 Å². The lowest BCUT2D eigenvalue weighted by Gasteiger charge is -2.27. The molecule has 0 aliphatic heterocycles. The van der Waals surface area contributed by atoms with Crippen molar-refractivity contribution in [1.82, 2.24) is 0 Å². The molecule has 2 aromatic rings. The van der Waals surface area contributed by atoms with E-state index < -0.39 is 0 Å². The van der Waals surface area contributed by atoms with Gasteiger partial charge in [-0.05, 0) is 48.9 Å². The van der Waals surface area contributed by atoms with Gasteiger partial charge in [-0.3, -0.25) is 0 Å². The summed E-state index contributed by atoms with van der Waals surface area (Å²) in [6, 6.07) is 17.9. The maximum atomic E-state index is 8.80. The van der Waals surface area contributed by atoms with Crippen LogP contribution in [0.25, 0.3) is 0 Å². The maximum absolute atomic E-state index is 8.80. The Kier molecular flexibility index (Phi) is 3.72. The van der Waals surface area contributed by atoms with Crippen LogP contribution >= 0.6 is 0 Å². The second kappa shape index (κ2) is 5.45. The second-order valence-corrected chi connectivity index (χ2v) is 4.61. The van der Waals surface area contributed by atoms with Crippen LogP contribution in [0, 0.1) is 11.3 Å². The Bertz CT molecular complexity index is 579. The molecule has 0 amide bonds. The van der Waals surface area contributed by atoms with E-state index >= 15 is 0 Å². The molecule has 96 valence electrons. The molecule has 19 heavy (non-hydrogen) atoms. The number of anilines is 2. The molecule has 0 bridgehead atoms. The largest absolute Gasteiger partial charge is 0.399 e. The highest BCUT2D eigenvalue weighted by molar-refractivity contribution is 5.51. The number of benzene rings is 2. The van der Waals surface area contributed by atoms with Crippen LogP contribution in [0.3, 0.4) is 0 Å². The van der Waals surface area contributed by atoms with Crippen molar-refractivity contribution in [3.05, 3.63) is 59.7 Å². The van der Waals surface area contributed by atoms with Crippen molar-refractivity contribution in [3.63, 3.8) is 0 Å². The quantitative estimate of drug-likeness (QED) is 0.851. The summed E-state index contributed by atoms with van der Waals surface area (Å²) in [5.74, 6) is 0. The summed E-state index contributed by atoms with van der Waals surface area (Å²) < 4.78 is 0. The van der Waals surface area contributed by atoms with Gasteiger partial charge < -0.3 is 10.6 Å². The molecular formula is C16H17N3. The van der Waals surface area contributed by atoms with Gasteiger partial charge in [0, 0.05) is 18.4 Å². The zero-order valence-corrected chi connectivity index (χ0v) is 11.2. The van der Waals surface area contributed by atoms with Gasteiger partial charge in [0.1, 0.15) is 0 Å². The number of nitrogens with zero attached hydrogens (tertiary/aromatic N) is 2. The summed E-state index contributed by atoms with van der Waals surface area (Å²) in [4.78, 5) is 2.17. The lowest BCUT2D eigenvalue weighted by Crippen LogP contribution is -2.21. The van der Waals surface area contributed by atoms with E-state index in [1.807, 2.05) is 55.6 Å². The molecule has 0 heterocycles. The SMILES string of the molecule is CC(c1ccc(N)cc1)N(C)c1ccc(C#N)cc1. The van der Waals surface area contributed by atoms with Crippen LogP contribution in [-0.2, 0) is 0 Å². The molecule has 2 N–H and O–H groups in total. The zero-order valence-electron chi connectivity index (χ0n) is 11.2. The van der Waals surface area contributed by atoms with Crippen molar-refractivity contribution in [3.8, 4) is 6.07 Å². The Labute approximate surface area is 113 Å². The van der Waals surface area contributed by atoms with Crippen molar-refractivity contribution in [2.45, 2.75) is 13.0 Å². The minimum Gasteiger partial charge on any atom is -0.399 e. The predicted molar refractivity (Wildman–Crippen MR) is 78.8 cm³/mol. The second-order valence-electron chi connectivity index (χ2n) is 4.61. The first kappa shape index (κ1) is 13.0. The summed E-state index contributed by atoms with van der Waals surface area (Å²) in [5.41, 5.74) is 9.45. The van der Waals surface area contributed by atoms with Gasteiger partial charge in [0.15, 0.2) is 0 Å². The number of nitriles is 1. The van der Waals surface area contributed by atoms with Crippen LogP contribution in [0.5, 0.6) is 0 Å². The standard InChI is InChI=1S/C16H17N3/c1-12(14-5-7-15(18)8-6-14)19(2)16-9-3-13(11-17)4-10-16/h3-10,12H,18H2,1-2H3. The van der Waals surface area contributed by atoms with Crippen molar-refractivity contribution in [2.24, 2.45) is 0 Å². The molecule has 2 rings (SSSR count). The number of nitrogens with two attached hydrogens (primary N) is 1. The van der Waals surface area contributed by atoms with Gasteiger partial charge in [-0.2, -0.15) is 5.26 Å². The Morgan fingerprint density at radius 1 is 1.05 bits per heavy atom. The summed E-state index contributed by atoms with van der Waals surface area (Å²) in [6.07, 6.45) is 0. The van der Waals surface area contributed by atoms with Gasteiger partial charge in [0.25, 0.3) is 0 Å². The molecule has 3 nitrogen and oxygen atoms in total. The molecule has 0 aliphatic rings. The van der Waals surface area contributed by atoms with Gasteiger partial charge in [-0.25, -0.2) is 0 Å². The van der Waals surface area contributed by atoms with E-state index in [1.165, 1.54) is 5.56 Å². The normalized spacial score (nSPS) is 11.6. The number of hydrogen-bond acceptors (Lipinski definition) is 3. The van der Waals surface area contributed by atoms with E-state index in [0.717, 1.165) is 11.4 Å². The van der Waals surface area contributed by atoms with Crippen LogP contribution in [0.4, 0.5) is 11.4 Å². The Morgan fingerprint density at radius 2 is 1.63 bits per heavy atom. The Hall–Kier alpha value is -2.47. The third-order valence-electron chi connectivity index (χ3n) is 3.40. The van der Waals surface area contributed by atoms with E-state index in [0.29, 0.717) is 5.56 Å². The number of hydrogen-bond donors (Lipinski definition) is 1. The fraction of sp³-hybridized carbons (Fsp3) is 0.188. The number of nitrogen functional groups attached to an aromatic ring is 1. The topological polar surface area (TPSA) is 53.0 Å². The van der Waals surface area contributed by atoms with E-state index in [1.54, 1.807) is 0 Å². The lowest BCUT2D eigenvalue weighted by molar-refractivity contribution is 0.740. The van der Waals surface area contributed by atoms with E-state index in [4.69, 9.17) is 11.0 Å². The monoisotopic (exact) mass is 251 g/mol. The van der Waals surface area contributed by atoms with Crippen LogP contribution in [-0.4, -0.2) is 7.05 Å². The molecule has 0 saturated carbocycles. The third-order valence-corrected chi connectivity index (χ3v) is 3.40. The molecule has 1 unspecified atom stereocenters. The summed E-state index contributed by atoms with van der Waals surface area (Å²) in [6.45, 7) is 2.14. The number of rotatable bonds is 3. The highest BCUT2D eigenvalue weighted by Crippen LogP contribution is 2.25. The van der Waals surface area contributed by atoms with Crippen LogP contribution in [0.1, 0.15) is 24.1 Å². The van der Waals surface area contributed by atoms with E-state index in [9.17, 15) is 0 Å². The van der Waals surface area contributed by atoms with E-state index in [2.05, 4.69) is 17.9 Å². The average Bonchev–Trinajstić information content (AvgIpc) is 2.46. The molecule has 0 fully saturated rings. The highest BCUT2D eigenvalue weighted by Gasteiger charge is 2.12. The van der Waals surface area contributed by atoms with Gasteiger partial charge in [-0.15, -0.1) is 0 Å². The molecular weight excluding hydrogens is 234 g/mol. The Morgan fingerprint density at radius 3 is 2.16 bits per heavy atom. The minimum absolute atomic E-state index is 0.244. The smallest absolute Gasteiger partial charge is 0.0991 e. The molecule has 1 atom stereocenters. The molecule has 0 saturated heterocycles. The first-order valence-electron chi connectivity index (χ1n) is 6.20.